The van der Waals surface area contributed by atoms with E-state index in [1.54, 1.807) is 18.2 Å². The lowest BCUT2D eigenvalue weighted by molar-refractivity contribution is 0.0947. The third kappa shape index (κ3) is 3.29. The number of para-hydroxylation sites is 2. The number of aromatic nitrogens is 1. The second-order valence-electron chi connectivity index (χ2n) is 6.12. The van der Waals surface area contributed by atoms with Gasteiger partial charge in [-0.25, -0.2) is 4.79 Å². The average Bonchev–Trinajstić information content (AvgIpc) is 3.09. The quantitative estimate of drug-likeness (QED) is 0.531. The zero-order valence-corrected chi connectivity index (χ0v) is 14.7. The number of hydrogen-bond acceptors (Lipinski definition) is 4. The van der Waals surface area contributed by atoms with Crippen molar-refractivity contribution in [3.8, 4) is 5.75 Å². The van der Waals surface area contributed by atoms with Gasteiger partial charge in [0, 0.05) is 16.6 Å². The van der Waals surface area contributed by atoms with Crippen LogP contribution in [0.15, 0.2) is 63.8 Å². The molecule has 0 aliphatic rings. The molecule has 0 radical (unpaired) electrons. The first kappa shape index (κ1) is 16.9. The van der Waals surface area contributed by atoms with Crippen LogP contribution < -0.4 is 15.7 Å². The van der Waals surface area contributed by atoms with Gasteiger partial charge in [-0.1, -0.05) is 30.3 Å². The molecule has 0 atom stereocenters. The Kier molecular flexibility index (Phi) is 4.38. The number of hydrogen-bond donors (Lipinski definition) is 2. The van der Waals surface area contributed by atoms with Crippen LogP contribution in [0.5, 0.6) is 5.75 Å². The summed E-state index contributed by atoms with van der Waals surface area (Å²) >= 11 is 0. The molecule has 4 aromatic rings. The van der Waals surface area contributed by atoms with Gasteiger partial charge in [0.05, 0.1) is 13.2 Å². The molecule has 1 amide bonds. The number of aromatic amines is 1. The number of benzene rings is 2. The minimum absolute atomic E-state index is 0.0349. The zero-order valence-electron chi connectivity index (χ0n) is 14.7. The predicted molar refractivity (Wildman–Crippen MR) is 103 cm³/mol. The lowest BCUT2D eigenvalue weighted by Crippen LogP contribution is -2.28. The van der Waals surface area contributed by atoms with E-state index in [-0.39, 0.29) is 12.1 Å². The van der Waals surface area contributed by atoms with Crippen molar-refractivity contribution in [2.45, 2.75) is 13.5 Å². The summed E-state index contributed by atoms with van der Waals surface area (Å²) in [4.78, 5) is 28.0. The summed E-state index contributed by atoms with van der Waals surface area (Å²) in [6, 6.07) is 16.6. The number of H-pyrrole nitrogens is 1. The zero-order chi connectivity index (χ0) is 18.8. The van der Waals surface area contributed by atoms with Crippen molar-refractivity contribution in [3.63, 3.8) is 0 Å². The number of nitrogens with one attached hydrogen (secondary N) is 2. The number of rotatable bonds is 5. The Morgan fingerprint density at radius 1 is 1.11 bits per heavy atom. The first-order valence-electron chi connectivity index (χ1n) is 8.70. The second-order valence-corrected chi connectivity index (χ2v) is 6.12. The van der Waals surface area contributed by atoms with Crippen LogP contribution in [0.3, 0.4) is 0 Å². The Labute approximate surface area is 154 Å². The Balaban J connectivity index is 1.58. The Bertz CT molecular complexity index is 1160. The van der Waals surface area contributed by atoms with E-state index >= 15 is 0 Å². The molecule has 0 spiro atoms. The Morgan fingerprint density at radius 3 is 2.74 bits per heavy atom. The number of carbonyl (C=O) groups excluding carboxylic acids is 1. The van der Waals surface area contributed by atoms with E-state index in [4.69, 9.17) is 9.15 Å². The van der Waals surface area contributed by atoms with Gasteiger partial charge in [-0.3, -0.25) is 4.79 Å². The molecule has 2 aromatic heterocycles. The smallest absolute Gasteiger partial charge is 0.349 e. The highest BCUT2D eigenvalue weighted by Crippen LogP contribution is 2.25. The number of ether oxygens (including phenoxy) is 1. The summed E-state index contributed by atoms with van der Waals surface area (Å²) in [6.45, 7) is 2.59. The van der Waals surface area contributed by atoms with E-state index < -0.39 is 11.5 Å². The standard InChI is InChI=1S/C21H18N2O4/c1-2-26-18-9-5-7-14-11-16(21(25)27-19(14)18)20(24)22-12-15-10-13-6-3-4-8-17(13)23-15/h3-11,23H,2,12H2,1H3,(H,22,24). The van der Waals surface area contributed by atoms with Crippen LogP contribution in [0.25, 0.3) is 21.9 Å². The van der Waals surface area contributed by atoms with Gasteiger partial charge in [0.25, 0.3) is 5.91 Å². The maximum Gasteiger partial charge on any atom is 0.349 e. The molecule has 0 unspecified atom stereocenters. The van der Waals surface area contributed by atoms with Crippen LogP contribution in [-0.2, 0) is 6.54 Å². The summed E-state index contributed by atoms with van der Waals surface area (Å²) in [5.74, 6) is 0.00301. The van der Waals surface area contributed by atoms with Crippen LogP contribution in [0.1, 0.15) is 23.0 Å². The van der Waals surface area contributed by atoms with E-state index in [9.17, 15) is 9.59 Å². The SMILES string of the molecule is CCOc1cccc2cc(C(=O)NCc3cc4ccccc4[nH]3)c(=O)oc12. The second kappa shape index (κ2) is 6.99. The molecular weight excluding hydrogens is 344 g/mol. The molecule has 2 heterocycles. The third-order valence-electron chi connectivity index (χ3n) is 4.29. The number of amides is 1. The fraction of sp³-hybridized carbons (Fsp3) is 0.143. The van der Waals surface area contributed by atoms with Crippen molar-refractivity contribution in [2.24, 2.45) is 0 Å². The van der Waals surface area contributed by atoms with Crippen molar-refractivity contribution in [2.75, 3.05) is 6.61 Å². The molecular formula is C21H18N2O4. The highest BCUT2D eigenvalue weighted by Gasteiger charge is 2.15. The normalized spacial score (nSPS) is 11.0. The maximum absolute atomic E-state index is 12.5. The predicted octanol–water partition coefficient (Wildman–Crippen LogP) is 3.60. The Morgan fingerprint density at radius 2 is 1.93 bits per heavy atom. The molecule has 27 heavy (non-hydrogen) atoms. The summed E-state index contributed by atoms with van der Waals surface area (Å²) in [5, 5.41) is 4.46. The highest BCUT2D eigenvalue weighted by molar-refractivity contribution is 5.97. The monoisotopic (exact) mass is 362 g/mol. The van der Waals surface area contributed by atoms with Crippen molar-refractivity contribution in [3.05, 3.63) is 76.3 Å². The molecule has 0 saturated carbocycles. The molecule has 136 valence electrons. The van der Waals surface area contributed by atoms with E-state index in [0.29, 0.717) is 23.3 Å². The third-order valence-corrected chi connectivity index (χ3v) is 4.29. The number of carbonyl (C=O) groups is 1. The van der Waals surface area contributed by atoms with Crippen LogP contribution in [0.2, 0.25) is 0 Å². The minimum atomic E-state index is -0.691. The minimum Gasteiger partial charge on any atom is -0.490 e. The molecule has 2 N–H and O–H groups in total. The van der Waals surface area contributed by atoms with E-state index in [1.165, 1.54) is 6.07 Å². The first-order valence-corrected chi connectivity index (χ1v) is 8.70. The first-order chi connectivity index (χ1) is 13.2. The fourth-order valence-corrected chi connectivity index (χ4v) is 3.04. The lowest BCUT2D eigenvalue weighted by Gasteiger charge is -2.07. The van der Waals surface area contributed by atoms with Gasteiger partial charge in [-0.2, -0.15) is 0 Å². The largest absolute Gasteiger partial charge is 0.490 e. The molecule has 0 bridgehead atoms. The molecule has 4 rings (SSSR count). The van der Waals surface area contributed by atoms with Gasteiger partial charge >= 0.3 is 5.63 Å². The van der Waals surface area contributed by atoms with Crippen LogP contribution >= 0.6 is 0 Å². The average molecular weight is 362 g/mol. The van der Waals surface area contributed by atoms with Gasteiger partial charge in [0.15, 0.2) is 11.3 Å². The molecule has 6 nitrogen and oxygen atoms in total. The topological polar surface area (TPSA) is 84.3 Å². The van der Waals surface area contributed by atoms with Gasteiger partial charge in [0.2, 0.25) is 0 Å². The summed E-state index contributed by atoms with van der Waals surface area (Å²) in [6.07, 6.45) is 0. The molecule has 0 aliphatic heterocycles. The molecule has 6 heteroatoms. The Hall–Kier alpha value is -3.54. The molecule has 0 aliphatic carbocycles. The van der Waals surface area contributed by atoms with Crippen molar-refractivity contribution in [1.82, 2.24) is 10.3 Å². The van der Waals surface area contributed by atoms with Gasteiger partial charge in [0.1, 0.15) is 5.56 Å². The van der Waals surface area contributed by atoms with Crippen molar-refractivity contribution >= 4 is 27.8 Å². The van der Waals surface area contributed by atoms with Gasteiger partial charge in [-0.05, 0) is 36.6 Å². The number of fused-ring (bicyclic) bond motifs is 2. The molecule has 0 saturated heterocycles. The van der Waals surface area contributed by atoms with Crippen molar-refractivity contribution < 1.29 is 13.9 Å². The summed E-state index contributed by atoms with van der Waals surface area (Å²) in [7, 11) is 0. The van der Waals surface area contributed by atoms with E-state index in [2.05, 4.69) is 10.3 Å². The molecule has 0 fully saturated rings. The van der Waals surface area contributed by atoms with Gasteiger partial charge in [-0.15, -0.1) is 0 Å². The highest BCUT2D eigenvalue weighted by atomic mass is 16.5. The maximum atomic E-state index is 12.5. The van der Waals surface area contributed by atoms with Crippen LogP contribution in [-0.4, -0.2) is 17.5 Å². The van der Waals surface area contributed by atoms with Crippen LogP contribution in [0.4, 0.5) is 0 Å². The summed E-state index contributed by atoms with van der Waals surface area (Å²) < 4.78 is 10.8. The van der Waals surface area contributed by atoms with E-state index in [1.807, 2.05) is 37.3 Å². The van der Waals surface area contributed by atoms with Crippen LogP contribution in [0, 0.1) is 0 Å². The van der Waals surface area contributed by atoms with Crippen molar-refractivity contribution in [1.29, 1.82) is 0 Å². The molecule has 2 aromatic carbocycles. The van der Waals surface area contributed by atoms with E-state index in [0.717, 1.165) is 16.6 Å². The van der Waals surface area contributed by atoms with Gasteiger partial charge < -0.3 is 19.5 Å². The lowest BCUT2D eigenvalue weighted by atomic mass is 10.1. The fourth-order valence-electron chi connectivity index (χ4n) is 3.04. The summed E-state index contributed by atoms with van der Waals surface area (Å²) in [5.41, 5.74) is 1.47.